The second-order valence-electron chi connectivity index (χ2n) is 6.14. The Morgan fingerprint density at radius 2 is 1.95 bits per heavy atom. The Kier molecular flexibility index (Phi) is 3.94. The highest BCUT2D eigenvalue weighted by molar-refractivity contribution is 7.89. The monoisotopic (exact) mass is 326 g/mol. The van der Waals surface area contributed by atoms with Crippen molar-refractivity contribution >= 4 is 15.9 Å². The van der Waals surface area contributed by atoms with Crippen LogP contribution in [0.1, 0.15) is 43.0 Å². The molecule has 5 nitrogen and oxygen atoms in total. The second kappa shape index (κ2) is 5.62. The van der Waals surface area contributed by atoms with Crippen LogP contribution in [-0.2, 0) is 10.0 Å². The molecular weight excluding hydrogens is 307 g/mol. The summed E-state index contributed by atoms with van der Waals surface area (Å²) >= 11 is 0. The fourth-order valence-corrected chi connectivity index (χ4v) is 3.75. The van der Waals surface area contributed by atoms with Gasteiger partial charge in [-0.1, -0.05) is 0 Å². The number of carbonyl (C=O) groups is 1. The number of benzene rings is 1. The van der Waals surface area contributed by atoms with Gasteiger partial charge in [-0.15, -0.1) is 0 Å². The van der Waals surface area contributed by atoms with Crippen LogP contribution in [0.3, 0.4) is 0 Å². The van der Waals surface area contributed by atoms with E-state index in [1.807, 2.05) is 6.92 Å². The smallest absolute Gasteiger partial charge is 0.251 e. The third-order valence-electron chi connectivity index (χ3n) is 4.07. The molecule has 0 radical (unpaired) electrons. The van der Waals surface area contributed by atoms with E-state index in [2.05, 4.69) is 10.0 Å². The quantitative estimate of drug-likeness (QED) is 0.837. The third-order valence-corrected chi connectivity index (χ3v) is 5.61. The first kappa shape index (κ1) is 15.4. The molecule has 2 N–H and O–H groups in total. The Bertz CT molecular complexity index is 697. The van der Waals surface area contributed by atoms with Crippen molar-refractivity contribution in [3.63, 3.8) is 0 Å². The van der Waals surface area contributed by atoms with E-state index in [9.17, 15) is 17.6 Å². The molecule has 0 saturated heterocycles. The van der Waals surface area contributed by atoms with Gasteiger partial charge >= 0.3 is 0 Å². The van der Waals surface area contributed by atoms with Gasteiger partial charge in [0.05, 0.1) is 0 Å². The number of carbonyl (C=O) groups excluding carboxylic acids is 1. The molecule has 1 aromatic carbocycles. The van der Waals surface area contributed by atoms with Crippen LogP contribution in [0.25, 0.3) is 0 Å². The number of rotatable bonds is 6. The lowest BCUT2D eigenvalue weighted by molar-refractivity contribution is 0.0935. The standard InChI is InChI=1S/C15H19FN2O3S/c1-9(10-2-3-10)17-15(19)11-4-7-13(16)14(8-11)22(20,21)18-12-5-6-12/h4,7-10,12,18H,2-3,5-6H2,1H3,(H,17,19). The molecule has 0 aromatic heterocycles. The van der Waals surface area contributed by atoms with E-state index in [1.165, 1.54) is 6.07 Å². The first-order valence-electron chi connectivity index (χ1n) is 7.49. The van der Waals surface area contributed by atoms with Crippen LogP contribution in [0.2, 0.25) is 0 Å². The molecule has 7 heteroatoms. The first-order valence-corrected chi connectivity index (χ1v) is 8.98. The van der Waals surface area contributed by atoms with Crippen LogP contribution in [0, 0.1) is 11.7 Å². The van der Waals surface area contributed by atoms with Gasteiger partial charge in [0.25, 0.3) is 5.91 Å². The molecule has 0 heterocycles. The Morgan fingerprint density at radius 3 is 2.55 bits per heavy atom. The molecule has 1 aromatic rings. The minimum Gasteiger partial charge on any atom is -0.349 e. The lowest BCUT2D eigenvalue weighted by Crippen LogP contribution is -2.34. The van der Waals surface area contributed by atoms with E-state index in [0.29, 0.717) is 5.92 Å². The summed E-state index contributed by atoms with van der Waals surface area (Å²) in [4.78, 5) is 11.7. The summed E-state index contributed by atoms with van der Waals surface area (Å²) < 4.78 is 40.5. The molecule has 22 heavy (non-hydrogen) atoms. The summed E-state index contributed by atoms with van der Waals surface area (Å²) in [5.74, 6) is -0.730. The van der Waals surface area contributed by atoms with Crippen LogP contribution < -0.4 is 10.0 Å². The van der Waals surface area contributed by atoms with Gasteiger partial charge in [-0.2, -0.15) is 0 Å². The number of halogens is 1. The molecule has 2 saturated carbocycles. The number of sulfonamides is 1. The third kappa shape index (κ3) is 3.47. The molecule has 1 atom stereocenters. The van der Waals surface area contributed by atoms with E-state index in [-0.39, 0.29) is 23.6 Å². The maximum Gasteiger partial charge on any atom is 0.251 e. The predicted octanol–water partition coefficient (Wildman–Crippen LogP) is 1.79. The Labute approximate surface area is 129 Å². The SMILES string of the molecule is CC(NC(=O)c1ccc(F)c(S(=O)(=O)NC2CC2)c1)C1CC1. The van der Waals surface area contributed by atoms with Gasteiger partial charge in [-0.3, -0.25) is 4.79 Å². The van der Waals surface area contributed by atoms with E-state index in [1.54, 1.807) is 0 Å². The summed E-state index contributed by atoms with van der Waals surface area (Å²) in [6.07, 6.45) is 3.71. The summed E-state index contributed by atoms with van der Waals surface area (Å²) in [7, 11) is -3.92. The van der Waals surface area contributed by atoms with Crippen LogP contribution in [-0.4, -0.2) is 26.4 Å². The summed E-state index contributed by atoms with van der Waals surface area (Å²) in [6, 6.07) is 3.37. The van der Waals surface area contributed by atoms with Crippen LogP contribution in [0.15, 0.2) is 23.1 Å². The molecule has 2 aliphatic carbocycles. The molecule has 0 aliphatic heterocycles. The molecule has 0 spiro atoms. The van der Waals surface area contributed by atoms with Crippen LogP contribution >= 0.6 is 0 Å². The predicted molar refractivity (Wildman–Crippen MR) is 79.4 cm³/mol. The molecule has 120 valence electrons. The van der Waals surface area contributed by atoms with E-state index in [4.69, 9.17) is 0 Å². The summed E-state index contributed by atoms with van der Waals surface area (Å²) in [6.45, 7) is 1.92. The van der Waals surface area contributed by atoms with E-state index in [0.717, 1.165) is 37.8 Å². The molecule has 0 bridgehead atoms. The molecule has 1 amide bonds. The fraction of sp³-hybridized carbons (Fsp3) is 0.533. The van der Waals surface area contributed by atoms with Crippen LogP contribution in [0.5, 0.6) is 0 Å². The normalized spacial score (nSPS) is 19.7. The number of hydrogen-bond acceptors (Lipinski definition) is 3. The van der Waals surface area contributed by atoms with E-state index < -0.39 is 20.7 Å². The van der Waals surface area contributed by atoms with Crippen molar-refractivity contribution in [2.24, 2.45) is 5.92 Å². The number of amides is 1. The van der Waals surface area contributed by atoms with Crippen molar-refractivity contribution in [1.29, 1.82) is 0 Å². The average molecular weight is 326 g/mol. The average Bonchev–Trinajstić information content (AvgIpc) is 3.32. The van der Waals surface area contributed by atoms with Crippen molar-refractivity contribution < 1.29 is 17.6 Å². The highest BCUT2D eigenvalue weighted by atomic mass is 32.2. The number of hydrogen-bond donors (Lipinski definition) is 2. The highest BCUT2D eigenvalue weighted by Crippen LogP contribution is 2.32. The highest BCUT2D eigenvalue weighted by Gasteiger charge is 2.31. The van der Waals surface area contributed by atoms with Crippen molar-refractivity contribution in [1.82, 2.24) is 10.0 Å². The van der Waals surface area contributed by atoms with Gasteiger partial charge in [0.15, 0.2) is 0 Å². The van der Waals surface area contributed by atoms with Gasteiger partial charge in [-0.05, 0) is 56.7 Å². The molecular formula is C15H19FN2O3S. The lowest BCUT2D eigenvalue weighted by atomic mass is 10.1. The van der Waals surface area contributed by atoms with Gasteiger partial charge < -0.3 is 5.32 Å². The molecule has 1 unspecified atom stereocenters. The minimum atomic E-state index is -3.92. The van der Waals surface area contributed by atoms with Crippen LogP contribution in [0.4, 0.5) is 4.39 Å². The fourth-order valence-electron chi connectivity index (χ4n) is 2.34. The minimum absolute atomic E-state index is 0.0437. The van der Waals surface area contributed by atoms with Gasteiger partial charge in [0.2, 0.25) is 10.0 Å². The van der Waals surface area contributed by atoms with Gasteiger partial charge in [-0.25, -0.2) is 17.5 Å². The molecule has 2 fully saturated rings. The van der Waals surface area contributed by atoms with Crippen molar-refractivity contribution in [2.75, 3.05) is 0 Å². The van der Waals surface area contributed by atoms with Gasteiger partial charge in [0.1, 0.15) is 10.7 Å². The van der Waals surface area contributed by atoms with Crippen molar-refractivity contribution in [2.45, 2.75) is 49.6 Å². The topological polar surface area (TPSA) is 75.3 Å². The Hall–Kier alpha value is -1.47. The zero-order valence-corrected chi connectivity index (χ0v) is 13.1. The maximum absolute atomic E-state index is 13.8. The maximum atomic E-state index is 13.8. The Balaban J connectivity index is 1.80. The molecule has 2 aliphatic rings. The number of nitrogens with one attached hydrogen (secondary N) is 2. The summed E-state index contributed by atoms with van der Waals surface area (Å²) in [5.41, 5.74) is 0.157. The largest absolute Gasteiger partial charge is 0.349 e. The van der Waals surface area contributed by atoms with Crippen molar-refractivity contribution in [3.8, 4) is 0 Å². The molecule has 3 rings (SSSR count). The van der Waals surface area contributed by atoms with Gasteiger partial charge in [0, 0.05) is 17.6 Å². The first-order chi connectivity index (χ1) is 10.4. The zero-order chi connectivity index (χ0) is 15.9. The van der Waals surface area contributed by atoms with Crippen molar-refractivity contribution in [3.05, 3.63) is 29.6 Å². The lowest BCUT2D eigenvalue weighted by Gasteiger charge is -2.14. The summed E-state index contributed by atoms with van der Waals surface area (Å²) in [5, 5.41) is 2.83. The Morgan fingerprint density at radius 1 is 1.27 bits per heavy atom. The zero-order valence-electron chi connectivity index (χ0n) is 12.3. The second-order valence-corrected chi connectivity index (χ2v) is 7.82. The van der Waals surface area contributed by atoms with E-state index >= 15 is 0 Å².